The third kappa shape index (κ3) is 2.17. The second kappa shape index (κ2) is 4.13. The van der Waals surface area contributed by atoms with E-state index in [1.165, 1.54) is 0 Å². The fourth-order valence-electron chi connectivity index (χ4n) is 1.03. The maximum atomic E-state index is 13.3. The van der Waals surface area contributed by atoms with Gasteiger partial charge in [0.05, 0.1) is 5.41 Å². The second-order valence-corrected chi connectivity index (χ2v) is 4.06. The maximum absolute atomic E-state index is 13.3. The highest BCUT2D eigenvalue weighted by Crippen LogP contribution is 2.56. The van der Waals surface area contributed by atoms with E-state index >= 15 is 0 Å². The molecule has 0 saturated carbocycles. The van der Waals surface area contributed by atoms with E-state index in [1.807, 2.05) is 0 Å². The molecule has 0 rings (SSSR count). The van der Waals surface area contributed by atoms with E-state index in [-0.39, 0.29) is 13.8 Å². The normalized spacial score (nSPS) is 14.5. The number of aliphatic carboxylic acids is 1. The quantitative estimate of drug-likeness (QED) is 0.633. The molecule has 0 radical (unpaired) electrons. The van der Waals surface area contributed by atoms with E-state index in [9.17, 15) is 35.5 Å². The number of hydrogen-bond donors (Lipinski definition) is 1. The summed E-state index contributed by atoms with van der Waals surface area (Å²) in [6.07, 6.45) is -6.51. The zero-order valence-electron chi connectivity index (χ0n) is 9.21. The van der Waals surface area contributed by atoms with Gasteiger partial charge in [0.15, 0.2) is 0 Å². The third-order valence-corrected chi connectivity index (χ3v) is 2.55. The Bertz CT molecular complexity index is 368. The van der Waals surface area contributed by atoms with Crippen LogP contribution >= 0.6 is 0 Å². The predicted molar refractivity (Wildman–Crippen MR) is 46.5 cm³/mol. The fraction of sp³-hybridized carbons (Fsp3) is 0.667. The molecule has 0 amide bonds. The van der Waals surface area contributed by atoms with Crippen LogP contribution in [-0.4, -0.2) is 29.1 Å². The van der Waals surface area contributed by atoms with Gasteiger partial charge in [-0.2, -0.15) is 30.7 Å². The average molecular weight is 282 g/mol. The molecule has 0 saturated heterocycles. The summed E-state index contributed by atoms with van der Waals surface area (Å²) in [5.41, 5.74) is -4.73. The summed E-state index contributed by atoms with van der Waals surface area (Å²) in [5.74, 6) is -14.1. The van der Waals surface area contributed by atoms with Gasteiger partial charge in [-0.3, -0.25) is 0 Å². The lowest BCUT2D eigenvalue weighted by atomic mass is 9.76. The monoisotopic (exact) mass is 282 g/mol. The van der Waals surface area contributed by atoms with E-state index in [2.05, 4.69) is 6.58 Å². The molecule has 2 nitrogen and oxygen atoms in total. The first-order valence-electron chi connectivity index (χ1n) is 4.35. The van der Waals surface area contributed by atoms with Gasteiger partial charge in [0.1, 0.15) is 0 Å². The molecule has 0 aliphatic heterocycles. The Morgan fingerprint density at radius 1 is 0.944 bits per heavy atom. The van der Waals surface area contributed by atoms with Crippen molar-refractivity contribution in [3.8, 4) is 0 Å². The van der Waals surface area contributed by atoms with Crippen molar-refractivity contribution in [2.75, 3.05) is 0 Å². The number of halogens is 7. The van der Waals surface area contributed by atoms with Crippen LogP contribution in [0.4, 0.5) is 30.7 Å². The standard InChI is InChI=1S/C9H9F7O2/c1-4(5(17)18)6(2,3)7(10,11)8(12,13)9(14,15)16/h1H2,2-3H3,(H,17,18). The van der Waals surface area contributed by atoms with Gasteiger partial charge in [-0.05, 0) is 13.8 Å². The minimum absolute atomic E-state index is 0.253. The number of carboxylic acids is 1. The van der Waals surface area contributed by atoms with E-state index in [0.29, 0.717) is 0 Å². The summed E-state index contributed by atoms with van der Waals surface area (Å²) >= 11 is 0. The molecule has 0 aromatic heterocycles. The van der Waals surface area contributed by atoms with Gasteiger partial charge in [-0.15, -0.1) is 0 Å². The Morgan fingerprint density at radius 2 is 1.28 bits per heavy atom. The topological polar surface area (TPSA) is 37.3 Å². The lowest BCUT2D eigenvalue weighted by Gasteiger charge is -2.39. The van der Waals surface area contributed by atoms with Crippen molar-refractivity contribution in [1.82, 2.24) is 0 Å². The molecule has 0 spiro atoms. The van der Waals surface area contributed by atoms with E-state index in [0.717, 1.165) is 0 Å². The molecule has 0 atom stereocenters. The van der Waals surface area contributed by atoms with Crippen LogP contribution in [0.25, 0.3) is 0 Å². The average Bonchev–Trinajstić information content (AvgIpc) is 2.13. The highest BCUT2D eigenvalue weighted by Gasteiger charge is 2.78. The van der Waals surface area contributed by atoms with Crippen molar-refractivity contribution in [3.05, 3.63) is 12.2 Å². The predicted octanol–water partition coefficient (Wildman–Crippen LogP) is 3.49. The fourth-order valence-corrected chi connectivity index (χ4v) is 1.03. The van der Waals surface area contributed by atoms with Crippen LogP contribution in [0.1, 0.15) is 13.8 Å². The molecule has 9 heteroatoms. The minimum Gasteiger partial charge on any atom is -0.478 e. The van der Waals surface area contributed by atoms with E-state index < -0.39 is 35.0 Å². The Balaban J connectivity index is 5.79. The van der Waals surface area contributed by atoms with Crippen LogP contribution < -0.4 is 0 Å². The highest BCUT2D eigenvalue weighted by atomic mass is 19.4. The zero-order valence-corrected chi connectivity index (χ0v) is 9.21. The van der Waals surface area contributed by atoms with Gasteiger partial charge in [0.2, 0.25) is 0 Å². The Labute approximate surface area is 97.1 Å². The van der Waals surface area contributed by atoms with Gasteiger partial charge in [0, 0.05) is 5.57 Å². The first kappa shape index (κ1) is 16.7. The van der Waals surface area contributed by atoms with Gasteiger partial charge in [-0.25, -0.2) is 4.79 Å². The minimum atomic E-state index is -6.51. The highest BCUT2D eigenvalue weighted by molar-refractivity contribution is 5.87. The van der Waals surface area contributed by atoms with Crippen molar-refractivity contribution < 1.29 is 40.6 Å². The smallest absolute Gasteiger partial charge is 0.459 e. The largest absolute Gasteiger partial charge is 0.478 e. The molecular weight excluding hydrogens is 273 g/mol. The van der Waals surface area contributed by atoms with Crippen LogP contribution in [0.15, 0.2) is 12.2 Å². The maximum Gasteiger partial charge on any atom is 0.459 e. The second-order valence-electron chi connectivity index (χ2n) is 4.06. The van der Waals surface area contributed by atoms with Crippen molar-refractivity contribution in [1.29, 1.82) is 0 Å². The van der Waals surface area contributed by atoms with Crippen LogP contribution in [0.3, 0.4) is 0 Å². The summed E-state index contributed by atoms with van der Waals surface area (Å²) in [6.45, 7) is 3.11. The molecule has 0 fully saturated rings. The Kier molecular flexibility index (Phi) is 3.84. The Hall–Kier alpha value is -1.28. The number of hydrogen-bond acceptors (Lipinski definition) is 1. The van der Waals surface area contributed by atoms with Crippen LogP contribution in [0.2, 0.25) is 0 Å². The van der Waals surface area contributed by atoms with Gasteiger partial charge >= 0.3 is 24.0 Å². The number of carboxylic acid groups (broad SMARTS) is 1. The third-order valence-electron chi connectivity index (χ3n) is 2.55. The van der Waals surface area contributed by atoms with Crippen LogP contribution in [0, 0.1) is 5.41 Å². The number of carbonyl (C=O) groups is 1. The summed E-state index contributed by atoms with van der Waals surface area (Å²) in [6, 6.07) is 0. The van der Waals surface area contributed by atoms with Crippen molar-refractivity contribution in [2.45, 2.75) is 31.9 Å². The van der Waals surface area contributed by atoms with Crippen LogP contribution in [-0.2, 0) is 4.79 Å². The summed E-state index contributed by atoms with van der Waals surface area (Å²) in [4.78, 5) is 10.4. The van der Waals surface area contributed by atoms with E-state index in [1.54, 1.807) is 0 Å². The summed E-state index contributed by atoms with van der Waals surface area (Å²) in [5, 5.41) is 8.39. The van der Waals surface area contributed by atoms with E-state index in [4.69, 9.17) is 5.11 Å². The van der Waals surface area contributed by atoms with Crippen molar-refractivity contribution in [2.24, 2.45) is 5.41 Å². The molecule has 1 N–H and O–H groups in total. The molecule has 106 valence electrons. The van der Waals surface area contributed by atoms with Crippen LogP contribution in [0.5, 0.6) is 0 Å². The van der Waals surface area contributed by atoms with Gasteiger partial charge in [0.25, 0.3) is 0 Å². The number of alkyl halides is 7. The molecular formula is C9H9F7O2. The molecule has 0 unspecified atom stereocenters. The van der Waals surface area contributed by atoms with Crippen molar-refractivity contribution >= 4 is 5.97 Å². The Morgan fingerprint density at radius 3 is 1.50 bits per heavy atom. The van der Waals surface area contributed by atoms with Gasteiger partial charge < -0.3 is 5.11 Å². The molecule has 0 bridgehead atoms. The molecule has 0 aliphatic rings. The molecule has 0 aromatic rings. The lowest BCUT2D eigenvalue weighted by molar-refractivity contribution is -0.372. The van der Waals surface area contributed by atoms with Crippen molar-refractivity contribution in [3.63, 3.8) is 0 Å². The number of rotatable bonds is 4. The first-order chi connectivity index (χ1) is 7.60. The molecule has 0 aliphatic carbocycles. The molecule has 0 aromatic carbocycles. The molecule has 0 heterocycles. The zero-order chi connectivity index (χ0) is 15.2. The lowest BCUT2D eigenvalue weighted by Crippen LogP contribution is -2.59. The summed E-state index contributed by atoms with van der Waals surface area (Å²) < 4.78 is 87.8. The summed E-state index contributed by atoms with van der Waals surface area (Å²) in [7, 11) is 0. The SMILES string of the molecule is C=C(C(=O)O)C(C)(C)C(F)(F)C(F)(F)C(F)(F)F. The van der Waals surface area contributed by atoms with Gasteiger partial charge in [-0.1, -0.05) is 6.58 Å². The first-order valence-corrected chi connectivity index (χ1v) is 4.35. The molecule has 18 heavy (non-hydrogen) atoms.